The second kappa shape index (κ2) is 37.7. The van der Waals surface area contributed by atoms with Crippen LogP contribution >= 0.6 is 23.5 Å². The quantitative estimate of drug-likeness (QED) is 0.0455. The fourth-order valence-corrected chi connectivity index (χ4v) is 8.27. The predicted molar refractivity (Wildman–Crippen MR) is 224 cm³/mol. The van der Waals surface area contributed by atoms with E-state index in [9.17, 15) is 14.4 Å². The van der Waals surface area contributed by atoms with Gasteiger partial charge in [-0.05, 0) is 84.3 Å². The van der Waals surface area contributed by atoms with Crippen LogP contribution in [0.3, 0.4) is 0 Å². The van der Waals surface area contributed by atoms with E-state index in [0.717, 1.165) is 108 Å². The standard InChI is InChI=1S/C43H83NO5S2/c1-7-9-11-15-21-28-38(3)36-50-42(46)33-25-19-13-17-22-29-39(49-41(45)32-27-35-44(4)5)30-23-18-14-20-26-34-43(47)51-37-40(48-6)31-24-16-12-10-8-2/h38-40H,7-37H2,1-6H3. The number of carbonyl (C=O) groups excluding carboxylic acids is 3. The van der Waals surface area contributed by atoms with Crippen molar-refractivity contribution in [1.82, 2.24) is 4.90 Å². The molecule has 3 unspecified atom stereocenters. The molecule has 0 aliphatic carbocycles. The van der Waals surface area contributed by atoms with E-state index < -0.39 is 0 Å². The molecule has 0 aliphatic rings. The summed E-state index contributed by atoms with van der Waals surface area (Å²) in [5.74, 6) is 2.31. The van der Waals surface area contributed by atoms with Crippen LogP contribution in [0.4, 0.5) is 0 Å². The molecule has 0 spiro atoms. The van der Waals surface area contributed by atoms with E-state index in [1.165, 1.54) is 82.4 Å². The van der Waals surface area contributed by atoms with Gasteiger partial charge in [0.25, 0.3) is 0 Å². The van der Waals surface area contributed by atoms with Gasteiger partial charge in [-0.1, -0.05) is 147 Å². The zero-order chi connectivity index (χ0) is 37.8. The summed E-state index contributed by atoms with van der Waals surface area (Å²) in [6, 6.07) is 0. The molecule has 0 aromatic carbocycles. The minimum Gasteiger partial charge on any atom is -0.462 e. The highest BCUT2D eigenvalue weighted by Gasteiger charge is 2.15. The normalized spacial score (nSPS) is 13.4. The Labute approximate surface area is 325 Å². The molecule has 51 heavy (non-hydrogen) atoms. The summed E-state index contributed by atoms with van der Waals surface area (Å²) < 4.78 is 11.6. The average molecular weight is 758 g/mol. The Morgan fingerprint density at radius 3 is 1.45 bits per heavy atom. The molecule has 6 nitrogen and oxygen atoms in total. The van der Waals surface area contributed by atoms with E-state index in [1.54, 1.807) is 18.9 Å². The number of ether oxygens (including phenoxy) is 2. The number of hydrogen-bond acceptors (Lipinski definition) is 8. The molecule has 0 heterocycles. The first kappa shape index (κ1) is 50.4. The Morgan fingerprint density at radius 1 is 0.529 bits per heavy atom. The third-order valence-electron chi connectivity index (χ3n) is 9.82. The van der Waals surface area contributed by atoms with Crippen LogP contribution in [0.5, 0.6) is 0 Å². The molecule has 0 radical (unpaired) electrons. The van der Waals surface area contributed by atoms with E-state index in [4.69, 9.17) is 9.47 Å². The summed E-state index contributed by atoms with van der Waals surface area (Å²) in [6.07, 6.45) is 30.6. The van der Waals surface area contributed by atoms with Crippen LogP contribution in [-0.2, 0) is 23.9 Å². The number of unbranched alkanes of at least 4 members (excludes halogenated alkanes) is 16. The first-order valence-corrected chi connectivity index (χ1v) is 23.4. The average Bonchev–Trinajstić information content (AvgIpc) is 3.10. The van der Waals surface area contributed by atoms with Crippen LogP contribution in [0.2, 0.25) is 0 Å². The number of thioether (sulfide) groups is 2. The number of esters is 1. The van der Waals surface area contributed by atoms with Gasteiger partial charge in [0.1, 0.15) is 6.10 Å². The Bertz CT molecular complexity index is 811. The largest absolute Gasteiger partial charge is 0.462 e. The van der Waals surface area contributed by atoms with Crippen LogP contribution in [0.25, 0.3) is 0 Å². The molecule has 0 saturated heterocycles. The molecule has 0 amide bonds. The van der Waals surface area contributed by atoms with Gasteiger partial charge in [-0.3, -0.25) is 14.4 Å². The fraction of sp³-hybridized carbons (Fsp3) is 0.930. The van der Waals surface area contributed by atoms with E-state index in [-0.39, 0.29) is 18.2 Å². The van der Waals surface area contributed by atoms with Crippen molar-refractivity contribution in [2.45, 2.75) is 213 Å². The summed E-state index contributed by atoms with van der Waals surface area (Å²) in [4.78, 5) is 39.5. The van der Waals surface area contributed by atoms with Crippen LogP contribution in [0.15, 0.2) is 0 Å². The Balaban J connectivity index is 4.20. The van der Waals surface area contributed by atoms with Gasteiger partial charge in [-0.25, -0.2) is 0 Å². The van der Waals surface area contributed by atoms with Crippen molar-refractivity contribution in [3.63, 3.8) is 0 Å². The highest BCUT2D eigenvalue weighted by molar-refractivity contribution is 8.13. The molecule has 0 fully saturated rings. The number of carbonyl (C=O) groups is 3. The summed E-state index contributed by atoms with van der Waals surface area (Å²) in [5, 5.41) is 0.654. The van der Waals surface area contributed by atoms with Gasteiger partial charge < -0.3 is 14.4 Å². The lowest BCUT2D eigenvalue weighted by molar-refractivity contribution is -0.150. The molecule has 0 aromatic rings. The minimum absolute atomic E-state index is 0.00169. The lowest BCUT2D eigenvalue weighted by Crippen LogP contribution is -2.20. The van der Waals surface area contributed by atoms with E-state index >= 15 is 0 Å². The maximum atomic E-state index is 12.6. The zero-order valence-corrected chi connectivity index (χ0v) is 36.1. The first-order valence-electron chi connectivity index (χ1n) is 21.4. The maximum Gasteiger partial charge on any atom is 0.306 e. The van der Waals surface area contributed by atoms with Gasteiger partial charge >= 0.3 is 5.97 Å². The smallest absolute Gasteiger partial charge is 0.306 e. The second-order valence-corrected chi connectivity index (χ2v) is 17.5. The van der Waals surface area contributed by atoms with Gasteiger partial charge in [-0.15, -0.1) is 0 Å². The van der Waals surface area contributed by atoms with Crippen molar-refractivity contribution in [2.24, 2.45) is 5.92 Å². The molecule has 3 atom stereocenters. The Hall–Kier alpha value is -0.570. The molecule has 0 bridgehead atoms. The summed E-state index contributed by atoms with van der Waals surface area (Å²) >= 11 is 3.00. The third kappa shape index (κ3) is 36.2. The summed E-state index contributed by atoms with van der Waals surface area (Å²) in [6.45, 7) is 7.67. The molecule has 0 saturated carbocycles. The van der Waals surface area contributed by atoms with Crippen molar-refractivity contribution in [3.05, 3.63) is 0 Å². The van der Waals surface area contributed by atoms with Gasteiger partial charge in [0.2, 0.25) is 0 Å². The van der Waals surface area contributed by atoms with Gasteiger partial charge in [0.05, 0.1) is 6.10 Å². The van der Waals surface area contributed by atoms with E-state index in [2.05, 4.69) is 25.7 Å². The summed E-state index contributed by atoms with van der Waals surface area (Å²) in [7, 11) is 5.83. The SMILES string of the molecule is CCCCCCCC(C)CSC(=O)CCCCCCCC(CCCCCCCC(=O)SCC(CCCCCCC)OC)OC(=O)CCCN(C)C. The fourth-order valence-electron chi connectivity index (χ4n) is 6.38. The van der Waals surface area contributed by atoms with E-state index in [1.807, 2.05) is 14.1 Å². The Morgan fingerprint density at radius 2 is 0.961 bits per heavy atom. The van der Waals surface area contributed by atoms with Crippen LogP contribution in [0, 0.1) is 5.92 Å². The number of nitrogens with zero attached hydrogens (tertiary/aromatic N) is 1. The molecule has 8 heteroatoms. The molecular weight excluding hydrogens is 675 g/mol. The molecule has 0 N–H and O–H groups in total. The van der Waals surface area contributed by atoms with Crippen LogP contribution in [-0.4, -0.2) is 72.6 Å². The van der Waals surface area contributed by atoms with Crippen molar-refractivity contribution >= 4 is 39.7 Å². The minimum atomic E-state index is -0.0631. The van der Waals surface area contributed by atoms with E-state index in [0.29, 0.717) is 35.4 Å². The molecule has 302 valence electrons. The molecule has 0 rings (SSSR count). The molecule has 0 aliphatic heterocycles. The lowest BCUT2D eigenvalue weighted by Gasteiger charge is -2.18. The number of hydrogen-bond donors (Lipinski definition) is 0. The van der Waals surface area contributed by atoms with Crippen LogP contribution < -0.4 is 0 Å². The third-order valence-corrected chi connectivity index (χ3v) is 12.1. The highest BCUT2D eigenvalue weighted by Crippen LogP contribution is 2.21. The monoisotopic (exact) mass is 758 g/mol. The van der Waals surface area contributed by atoms with Gasteiger partial charge in [0.15, 0.2) is 10.2 Å². The van der Waals surface area contributed by atoms with Crippen molar-refractivity contribution in [1.29, 1.82) is 0 Å². The van der Waals surface area contributed by atoms with Crippen molar-refractivity contribution in [3.8, 4) is 0 Å². The lowest BCUT2D eigenvalue weighted by atomic mass is 10.0. The Kier molecular flexibility index (Phi) is 37.3. The highest BCUT2D eigenvalue weighted by atomic mass is 32.2. The van der Waals surface area contributed by atoms with Crippen LogP contribution in [0.1, 0.15) is 201 Å². The second-order valence-electron chi connectivity index (χ2n) is 15.4. The van der Waals surface area contributed by atoms with Crippen molar-refractivity contribution < 1.29 is 23.9 Å². The molecular formula is C43H83NO5S2. The van der Waals surface area contributed by atoms with Gasteiger partial charge in [0, 0.05) is 37.9 Å². The molecule has 0 aromatic heterocycles. The zero-order valence-electron chi connectivity index (χ0n) is 34.5. The van der Waals surface area contributed by atoms with Crippen molar-refractivity contribution in [2.75, 3.05) is 39.3 Å². The number of rotatable bonds is 38. The maximum absolute atomic E-state index is 12.6. The number of methoxy groups -OCH3 is 1. The summed E-state index contributed by atoms with van der Waals surface area (Å²) in [5.41, 5.74) is 0. The first-order chi connectivity index (χ1) is 24.7. The van der Waals surface area contributed by atoms with Gasteiger partial charge in [-0.2, -0.15) is 0 Å². The predicted octanol–water partition coefficient (Wildman–Crippen LogP) is 12.6. The topological polar surface area (TPSA) is 72.9 Å².